The molecule has 0 fully saturated rings. The molecule has 0 bridgehead atoms. The maximum absolute atomic E-state index is 15.2. The molecule has 0 aliphatic carbocycles. The van der Waals surface area contributed by atoms with Crippen LogP contribution < -0.4 is 0 Å². The fraction of sp³-hybridized carbons (Fsp3) is 0.179. The number of pyridine rings is 1. The number of benzene rings is 1. The Morgan fingerprint density at radius 2 is 2.06 bits per heavy atom. The Hall–Kier alpha value is -3.88. The number of thiophene rings is 1. The predicted molar refractivity (Wildman–Crippen MR) is 147 cm³/mol. The van der Waals surface area contributed by atoms with Gasteiger partial charge in [0, 0.05) is 45.1 Å². The summed E-state index contributed by atoms with van der Waals surface area (Å²) in [6.45, 7) is 8.61. The molecule has 0 atom stereocenters. The first-order valence-corrected chi connectivity index (χ1v) is 12.4. The lowest BCUT2D eigenvalue weighted by Gasteiger charge is -2.12. The molecule has 5 aromatic rings. The molecule has 0 aliphatic rings. The molecule has 0 spiro atoms. The van der Waals surface area contributed by atoms with Gasteiger partial charge < -0.3 is 9.88 Å². The smallest absolute Gasteiger partial charge is 0.178 e. The van der Waals surface area contributed by atoms with Gasteiger partial charge in [-0.05, 0) is 63.4 Å². The first kappa shape index (κ1) is 23.8. The Labute approximate surface area is 212 Å². The zero-order valence-corrected chi connectivity index (χ0v) is 21.5. The van der Waals surface area contributed by atoms with Crippen molar-refractivity contribution in [1.29, 1.82) is 0 Å². The number of hydrogen-bond donors (Lipinski definition) is 2. The van der Waals surface area contributed by atoms with Crippen LogP contribution in [0, 0.1) is 12.7 Å². The van der Waals surface area contributed by atoms with Crippen LogP contribution in [0.25, 0.3) is 49.6 Å². The lowest BCUT2D eigenvalue weighted by Crippen LogP contribution is -2.14. The van der Waals surface area contributed by atoms with Crippen molar-refractivity contribution in [2.75, 3.05) is 20.6 Å². The number of allylic oxidation sites excluding steroid dienone is 3. The van der Waals surface area contributed by atoms with Crippen molar-refractivity contribution in [2.24, 2.45) is 0 Å². The summed E-state index contributed by atoms with van der Waals surface area (Å²) in [5.41, 5.74) is 6.00. The number of hydrogen-bond acceptors (Lipinski definition) is 5. The summed E-state index contributed by atoms with van der Waals surface area (Å²) in [4.78, 5) is 17.0. The molecular formula is C28H27FN6S. The van der Waals surface area contributed by atoms with Gasteiger partial charge >= 0.3 is 0 Å². The topological polar surface area (TPSA) is 73.5 Å². The Balaban J connectivity index is 1.62. The minimum absolute atomic E-state index is 0.322. The molecule has 5 rings (SSSR count). The van der Waals surface area contributed by atoms with E-state index >= 15 is 4.39 Å². The zero-order valence-electron chi connectivity index (χ0n) is 20.7. The molecule has 1 aromatic carbocycles. The molecule has 36 heavy (non-hydrogen) atoms. The monoisotopic (exact) mass is 498 g/mol. The Kier molecular flexibility index (Phi) is 6.38. The van der Waals surface area contributed by atoms with Crippen LogP contribution in [0.2, 0.25) is 0 Å². The van der Waals surface area contributed by atoms with Crippen LogP contribution in [0.3, 0.4) is 0 Å². The van der Waals surface area contributed by atoms with E-state index < -0.39 is 0 Å². The molecular weight excluding hydrogens is 471 g/mol. The summed E-state index contributed by atoms with van der Waals surface area (Å²) in [5.74, 6) is 0.260. The van der Waals surface area contributed by atoms with E-state index in [-0.39, 0.29) is 5.82 Å². The van der Waals surface area contributed by atoms with Crippen LogP contribution in [0.4, 0.5) is 4.39 Å². The zero-order chi connectivity index (χ0) is 25.4. The molecule has 2 N–H and O–H groups in total. The fourth-order valence-electron chi connectivity index (χ4n) is 4.30. The second-order valence-electron chi connectivity index (χ2n) is 8.91. The van der Waals surface area contributed by atoms with E-state index in [0.29, 0.717) is 34.8 Å². The van der Waals surface area contributed by atoms with Gasteiger partial charge in [0.2, 0.25) is 0 Å². The summed E-state index contributed by atoms with van der Waals surface area (Å²) in [7, 11) is 3.98. The molecule has 0 saturated carbocycles. The maximum Gasteiger partial charge on any atom is 0.178 e. The van der Waals surface area contributed by atoms with Gasteiger partial charge in [0.05, 0.1) is 11.0 Å². The van der Waals surface area contributed by atoms with Crippen molar-refractivity contribution < 1.29 is 4.39 Å². The van der Waals surface area contributed by atoms with Gasteiger partial charge in [0.1, 0.15) is 11.5 Å². The molecule has 0 saturated heterocycles. The lowest BCUT2D eigenvalue weighted by atomic mass is 9.99. The first-order chi connectivity index (χ1) is 17.4. The van der Waals surface area contributed by atoms with Crippen LogP contribution in [0.15, 0.2) is 66.9 Å². The molecule has 0 unspecified atom stereocenters. The number of likely N-dealkylation sites (N-methyl/N-ethyl adjacent to an activating group) is 1. The number of fused-ring (bicyclic) bond motifs is 2. The fourth-order valence-corrected chi connectivity index (χ4v) is 5.20. The number of nitrogens with one attached hydrogen (secondary N) is 2. The predicted octanol–water partition coefficient (Wildman–Crippen LogP) is 6.75. The molecule has 0 radical (unpaired) electrons. The number of H-pyrrole nitrogens is 2. The van der Waals surface area contributed by atoms with Gasteiger partial charge in [-0.3, -0.25) is 5.10 Å². The van der Waals surface area contributed by atoms with Crippen LogP contribution in [0.5, 0.6) is 0 Å². The van der Waals surface area contributed by atoms with Crippen molar-refractivity contribution in [2.45, 2.75) is 13.8 Å². The minimum atomic E-state index is -0.322. The summed E-state index contributed by atoms with van der Waals surface area (Å²) < 4.78 is 15.2. The van der Waals surface area contributed by atoms with E-state index in [1.54, 1.807) is 23.6 Å². The largest absolute Gasteiger partial charge is 0.335 e. The molecule has 6 nitrogen and oxygen atoms in total. The highest BCUT2D eigenvalue weighted by Gasteiger charge is 2.18. The molecule has 8 heteroatoms. The lowest BCUT2D eigenvalue weighted by molar-refractivity contribution is 0.449. The third-order valence-corrected chi connectivity index (χ3v) is 7.03. The van der Waals surface area contributed by atoms with E-state index in [9.17, 15) is 0 Å². The Bertz CT molecular complexity index is 1650. The van der Waals surface area contributed by atoms with E-state index in [1.807, 2.05) is 45.3 Å². The highest BCUT2D eigenvalue weighted by molar-refractivity contribution is 7.15. The number of aromatic nitrogens is 5. The van der Waals surface area contributed by atoms with E-state index in [0.717, 1.165) is 32.5 Å². The molecule has 0 amide bonds. The van der Waals surface area contributed by atoms with Crippen molar-refractivity contribution in [3.8, 4) is 22.0 Å². The average molecular weight is 499 g/mol. The van der Waals surface area contributed by atoms with Crippen LogP contribution in [-0.2, 0) is 0 Å². The molecule has 4 heterocycles. The van der Waals surface area contributed by atoms with Gasteiger partial charge in [0.25, 0.3) is 0 Å². The maximum atomic E-state index is 15.2. The second-order valence-corrected chi connectivity index (χ2v) is 10.2. The minimum Gasteiger partial charge on any atom is -0.335 e. The molecule has 4 aromatic heterocycles. The van der Waals surface area contributed by atoms with Gasteiger partial charge in [0.15, 0.2) is 11.5 Å². The van der Waals surface area contributed by atoms with Crippen LogP contribution >= 0.6 is 11.3 Å². The van der Waals surface area contributed by atoms with Crippen molar-refractivity contribution in [1.82, 2.24) is 30.0 Å². The van der Waals surface area contributed by atoms with E-state index in [4.69, 9.17) is 4.98 Å². The SMILES string of the molecule is C=C/C(=C\C(=C/C)c1cc2c(-c3nc4nccc(-c5ccc(C)s5)c4[nH]3)n[nH]c2cc1F)CN(C)C. The standard InChI is InChI=1S/C28H27FN6S/c1-6-17(15-35(4)5)12-18(7-2)20-13-21-23(14-22(20)29)33-34-26(21)28-31-25-19(10-11-30-27(25)32-28)24-9-8-16(3)36-24/h6-14H,1,15H2,2-5H3,(H,33,34)(H,30,31,32)/b17-12+,18-7+. The molecule has 182 valence electrons. The van der Waals surface area contributed by atoms with Crippen molar-refractivity contribution >= 4 is 39.0 Å². The van der Waals surface area contributed by atoms with Crippen molar-refractivity contribution in [3.63, 3.8) is 0 Å². The highest BCUT2D eigenvalue weighted by Crippen LogP contribution is 2.35. The van der Waals surface area contributed by atoms with E-state index in [2.05, 4.69) is 50.7 Å². The summed E-state index contributed by atoms with van der Waals surface area (Å²) in [6, 6.07) is 9.51. The summed E-state index contributed by atoms with van der Waals surface area (Å²) >= 11 is 1.72. The van der Waals surface area contributed by atoms with Crippen LogP contribution in [0.1, 0.15) is 17.4 Å². The number of aromatic amines is 2. The number of nitrogens with zero attached hydrogens (tertiary/aromatic N) is 4. The summed E-state index contributed by atoms with van der Waals surface area (Å²) in [5, 5.41) is 8.22. The third kappa shape index (κ3) is 4.41. The number of aryl methyl sites for hydroxylation is 1. The van der Waals surface area contributed by atoms with Gasteiger partial charge in [-0.1, -0.05) is 24.8 Å². The van der Waals surface area contributed by atoms with Gasteiger partial charge in [-0.15, -0.1) is 11.3 Å². The van der Waals surface area contributed by atoms with Gasteiger partial charge in [-0.2, -0.15) is 5.10 Å². The van der Waals surface area contributed by atoms with E-state index in [1.165, 1.54) is 10.9 Å². The van der Waals surface area contributed by atoms with Gasteiger partial charge in [-0.25, -0.2) is 14.4 Å². The average Bonchev–Trinajstić information content (AvgIpc) is 3.58. The highest BCUT2D eigenvalue weighted by atomic mass is 32.1. The summed E-state index contributed by atoms with van der Waals surface area (Å²) in [6.07, 6.45) is 7.45. The first-order valence-electron chi connectivity index (χ1n) is 11.6. The Morgan fingerprint density at radius 3 is 2.75 bits per heavy atom. The normalized spacial score (nSPS) is 12.8. The van der Waals surface area contributed by atoms with Crippen molar-refractivity contribution in [3.05, 3.63) is 83.2 Å². The number of imidazole rings is 1. The second kappa shape index (κ2) is 9.64. The van der Waals surface area contributed by atoms with Crippen LogP contribution in [-0.4, -0.2) is 50.7 Å². The Morgan fingerprint density at radius 1 is 1.22 bits per heavy atom. The number of rotatable bonds is 7. The molecule has 0 aliphatic heterocycles. The third-order valence-electron chi connectivity index (χ3n) is 6.00. The quantitative estimate of drug-likeness (QED) is 0.243. The number of halogens is 1.